The maximum atomic E-state index is 12.0. The normalized spacial score (nSPS) is 10.2. The standard InChI is InChI=1S/C22H21NO3/c1-16-3-5-17(6-4-16)18-7-11-21(12-8-18)26-15-22(24)23-19-9-13-20(25-2)14-10-19/h3-14H,15H2,1-2H3,(H,23,24). The quantitative estimate of drug-likeness (QED) is 0.704. The number of benzene rings is 3. The van der Waals surface area contributed by atoms with E-state index in [-0.39, 0.29) is 12.5 Å². The highest BCUT2D eigenvalue weighted by Gasteiger charge is 2.05. The van der Waals surface area contributed by atoms with Crippen molar-refractivity contribution in [1.29, 1.82) is 0 Å². The van der Waals surface area contributed by atoms with E-state index in [9.17, 15) is 4.79 Å². The van der Waals surface area contributed by atoms with Crippen LogP contribution in [0.5, 0.6) is 11.5 Å². The Morgan fingerprint density at radius 2 is 1.35 bits per heavy atom. The summed E-state index contributed by atoms with van der Waals surface area (Å²) < 4.78 is 10.6. The number of hydrogen-bond donors (Lipinski definition) is 1. The fraction of sp³-hybridized carbons (Fsp3) is 0.136. The Bertz CT molecular complexity index is 853. The van der Waals surface area contributed by atoms with E-state index in [4.69, 9.17) is 9.47 Å². The number of nitrogens with one attached hydrogen (secondary N) is 1. The molecule has 26 heavy (non-hydrogen) atoms. The molecule has 0 unspecified atom stereocenters. The molecule has 0 spiro atoms. The second-order valence-electron chi connectivity index (χ2n) is 5.96. The Kier molecular flexibility index (Phi) is 5.54. The molecule has 4 nitrogen and oxygen atoms in total. The predicted molar refractivity (Wildman–Crippen MR) is 104 cm³/mol. The van der Waals surface area contributed by atoms with Crippen molar-refractivity contribution in [3.8, 4) is 22.6 Å². The van der Waals surface area contributed by atoms with Gasteiger partial charge in [0.05, 0.1) is 7.11 Å². The Balaban J connectivity index is 1.53. The van der Waals surface area contributed by atoms with Crippen LogP contribution in [0.15, 0.2) is 72.8 Å². The fourth-order valence-corrected chi connectivity index (χ4v) is 2.51. The molecule has 0 aliphatic heterocycles. The van der Waals surface area contributed by atoms with E-state index < -0.39 is 0 Å². The van der Waals surface area contributed by atoms with Gasteiger partial charge in [0, 0.05) is 5.69 Å². The van der Waals surface area contributed by atoms with Crippen LogP contribution < -0.4 is 14.8 Å². The smallest absolute Gasteiger partial charge is 0.262 e. The summed E-state index contributed by atoms with van der Waals surface area (Å²) in [5, 5.41) is 2.79. The number of anilines is 1. The summed E-state index contributed by atoms with van der Waals surface area (Å²) in [6, 6.07) is 23.2. The first-order chi connectivity index (χ1) is 12.6. The van der Waals surface area contributed by atoms with Crippen molar-refractivity contribution in [2.24, 2.45) is 0 Å². The summed E-state index contributed by atoms with van der Waals surface area (Å²) in [6.07, 6.45) is 0. The van der Waals surface area contributed by atoms with Crippen molar-refractivity contribution in [1.82, 2.24) is 0 Å². The molecule has 0 atom stereocenters. The van der Waals surface area contributed by atoms with Gasteiger partial charge in [-0.25, -0.2) is 0 Å². The van der Waals surface area contributed by atoms with E-state index in [1.54, 1.807) is 31.4 Å². The molecule has 0 aliphatic carbocycles. The molecule has 3 aromatic carbocycles. The molecule has 4 heteroatoms. The van der Waals surface area contributed by atoms with Crippen LogP contribution in [-0.4, -0.2) is 19.6 Å². The van der Waals surface area contributed by atoms with Crippen LogP contribution in [0.3, 0.4) is 0 Å². The van der Waals surface area contributed by atoms with E-state index in [1.807, 2.05) is 24.3 Å². The van der Waals surface area contributed by atoms with Gasteiger partial charge >= 0.3 is 0 Å². The average Bonchev–Trinajstić information content (AvgIpc) is 2.68. The van der Waals surface area contributed by atoms with Gasteiger partial charge in [0.15, 0.2) is 6.61 Å². The highest BCUT2D eigenvalue weighted by Crippen LogP contribution is 2.23. The average molecular weight is 347 g/mol. The van der Waals surface area contributed by atoms with Gasteiger partial charge in [0.1, 0.15) is 11.5 Å². The number of aryl methyl sites for hydroxylation is 1. The molecule has 0 heterocycles. The summed E-state index contributed by atoms with van der Waals surface area (Å²) in [5.41, 5.74) is 4.20. The summed E-state index contributed by atoms with van der Waals surface area (Å²) in [5.74, 6) is 1.19. The Hall–Kier alpha value is -3.27. The number of carbonyl (C=O) groups is 1. The number of rotatable bonds is 6. The molecule has 0 bridgehead atoms. The topological polar surface area (TPSA) is 47.6 Å². The molecule has 3 rings (SSSR count). The van der Waals surface area contributed by atoms with Crippen LogP contribution >= 0.6 is 0 Å². The van der Waals surface area contributed by atoms with Crippen LogP contribution in [-0.2, 0) is 4.79 Å². The number of hydrogen-bond acceptors (Lipinski definition) is 3. The summed E-state index contributed by atoms with van der Waals surface area (Å²) in [4.78, 5) is 12.0. The van der Waals surface area contributed by atoms with Gasteiger partial charge in [0.25, 0.3) is 5.91 Å². The lowest BCUT2D eigenvalue weighted by Gasteiger charge is -2.09. The van der Waals surface area contributed by atoms with Crippen LogP contribution in [0.2, 0.25) is 0 Å². The third-order valence-electron chi connectivity index (χ3n) is 3.98. The lowest BCUT2D eigenvalue weighted by atomic mass is 10.0. The zero-order valence-electron chi connectivity index (χ0n) is 14.9. The van der Waals surface area contributed by atoms with Gasteiger partial charge in [-0.1, -0.05) is 42.0 Å². The van der Waals surface area contributed by atoms with Crippen molar-refractivity contribution in [3.63, 3.8) is 0 Å². The molecule has 0 radical (unpaired) electrons. The van der Waals surface area contributed by atoms with E-state index in [1.165, 1.54) is 5.56 Å². The van der Waals surface area contributed by atoms with Crippen LogP contribution in [0, 0.1) is 6.92 Å². The van der Waals surface area contributed by atoms with E-state index in [2.05, 4.69) is 36.5 Å². The molecule has 0 saturated carbocycles. The maximum absolute atomic E-state index is 12.0. The highest BCUT2D eigenvalue weighted by atomic mass is 16.5. The fourth-order valence-electron chi connectivity index (χ4n) is 2.51. The van der Waals surface area contributed by atoms with Crippen LogP contribution in [0.1, 0.15) is 5.56 Å². The van der Waals surface area contributed by atoms with Crippen molar-refractivity contribution in [2.45, 2.75) is 6.92 Å². The second-order valence-corrected chi connectivity index (χ2v) is 5.96. The highest BCUT2D eigenvalue weighted by molar-refractivity contribution is 5.91. The molecule has 132 valence electrons. The van der Waals surface area contributed by atoms with Gasteiger partial charge in [0.2, 0.25) is 0 Å². The van der Waals surface area contributed by atoms with Crippen LogP contribution in [0.25, 0.3) is 11.1 Å². The third kappa shape index (κ3) is 4.63. The van der Waals surface area contributed by atoms with Gasteiger partial charge in [-0.05, 0) is 54.4 Å². The SMILES string of the molecule is COc1ccc(NC(=O)COc2ccc(-c3ccc(C)cc3)cc2)cc1. The van der Waals surface area contributed by atoms with Gasteiger partial charge in [-0.3, -0.25) is 4.79 Å². The molecule has 0 saturated heterocycles. The summed E-state index contributed by atoms with van der Waals surface area (Å²) in [6.45, 7) is 2.02. The summed E-state index contributed by atoms with van der Waals surface area (Å²) >= 11 is 0. The van der Waals surface area contributed by atoms with E-state index in [0.29, 0.717) is 11.4 Å². The molecular formula is C22H21NO3. The van der Waals surface area contributed by atoms with Gasteiger partial charge in [-0.15, -0.1) is 0 Å². The molecule has 1 amide bonds. The lowest BCUT2D eigenvalue weighted by molar-refractivity contribution is -0.118. The number of amides is 1. The predicted octanol–water partition coefficient (Wildman–Crippen LogP) is 4.69. The Morgan fingerprint density at radius 3 is 1.92 bits per heavy atom. The molecule has 0 aliphatic rings. The van der Waals surface area contributed by atoms with Gasteiger partial charge < -0.3 is 14.8 Å². The minimum Gasteiger partial charge on any atom is -0.497 e. The zero-order valence-corrected chi connectivity index (χ0v) is 14.9. The van der Waals surface area contributed by atoms with Crippen molar-refractivity contribution in [2.75, 3.05) is 19.0 Å². The van der Waals surface area contributed by atoms with Crippen molar-refractivity contribution in [3.05, 3.63) is 78.4 Å². The molecule has 0 fully saturated rings. The maximum Gasteiger partial charge on any atom is 0.262 e. The van der Waals surface area contributed by atoms with Crippen LogP contribution in [0.4, 0.5) is 5.69 Å². The minimum absolute atomic E-state index is 0.0457. The minimum atomic E-state index is -0.210. The first-order valence-electron chi connectivity index (χ1n) is 8.38. The molecular weight excluding hydrogens is 326 g/mol. The molecule has 3 aromatic rings. The Morgan fingerprint density at radius 1 is 0.808 bits per heavy atom. The zero-order chi connectivity index (χ0) is 18.4. The Labute approximate surface area is 153 Å². The third-order valence-corrected chi connectivity index (χ3v) is 3.98. The summed E-state index contributed by atoms with van der Waals surface area (Å²) in [7, 11) is 1.60. The largest absolute Gasteiger partial charge is 0.497 e. The van der Waals surface area contributed by atoms with Crippen molar-refractivity contribution >= 4 is 11.6 Å². The van der Waals surface area contributed by atoms with Crippen molar-refractivity contribution < 1.29 is 14.3 Å². The molecule has 0 aromatic heterocycles. The molecule has 1 N–H and O–H groups in total. The first-order valence-corrected chi connectivity index (χ1v) is 8.38. The van der Waals surface area contributed by atoms with E-state index >= 15 is 0 Å². The second kappa shape index (κ2) is 8.21. The van der Waals surface area contributed by atoms with Gasteiger partial charge in [-0.2, -0.15) is 0 Å². The number of carbonyl (C=O) groups excluding carboxylic acids is 1. The first kappa shape index (κ1) is 17.5. The monoisotopic (exact) mass is 347 g/mol. The van der Waals surface area contributed by atoms with E-state index in [0.717, 1.165) is 16.9 Å². The number of ether oxygens (including phenoxy) is 2. The lowest BCUT2D eigenvalue weighted by Crippen LogP contribution is -2.20. The number of methoxy groups -OCH3 is 1.